The Balaban J connectivity index is 1.17. The van der Waals surface area contributed by atoms with Crippen LogP contribution in [0.2, 0.25) is 0 Å². The molecule has 2 spiro atoms. The summed E-state index contributed by atoms with van der Waals surface area (Å²) < 4.78 is 29.0. The standard InChI is InChI=1S/C35H37F2N5O3/c1-33(24-15-25(36)17-26(37)16-24)21-41(2)35(11-5-3-4-6-12-35)32(45)42(33)20-29(43)39-27-10-9-22-18-34(19-23(22)14-27)28-8-7-13-38-30(28)40-31(34)44/h7-10,13-17H,3-6,11-12,18-21H2,1-2H3,(H,39,43)(H,38,40,44)/t33-,34+/m0/s1/i2-1. The van der Waals surface area contributed by atoms with Crippen LogP contribution in [0.15, 0.2) is 54.7 Å². The van der Waals surface area contributed by atoms with Gasteiger partial charge in [-0.2, -0.15) is 0 Å². The number of hydrogen-bond donors (Lipinski definition) is 2. The summed E-state index contributed by atoms with van der Waals surface area (Å²) in [5.41, 5.74) is 1.11. The van der Waals surface area contributed by atoms with E-state index < -0.39 is 34.0 Å². The molecule has 8 nitrogen and oxygen atoms in total. The third-order valence-electron chi connectivity index (χ3n) is 10.7. The normalized spacial score (nSPS) is 25.6. The van der Waals surface area contributed by atoms with E-state index in [1.807, 2.05) is 42.3 Å². The average molecular weight is 613 g/mol. The van der Waals surface area contributed by atoms with Crippen LogP contribution in [0.5, 0.6) is 0 Å². The molecule has 45 heavy (non-hydrogen) atoms. The van der Waals surface area contributed by atoms with Gasteiger partial charge in [0.15, 0.2) is 0 Å². The van der Waals surface area contributed by atoms with Crippen molar-refractivity contribution >= 4 is 29.2 Å². The van der Waals surface area contributed by atoms with Gasteiger partial charge in [-0.25, -0.2) is 13.8 Å². The Hall–Kier alpha value is -4.18. The Morgan fingerprint density at radius 2 is 1.69 bits per heavy atom. The van der Waals surface area contributed by atoms with Crippen LogP contribution in [0, 0.1) is 11.6 Å². The summed E-state index contributed by atoms with van der Waals surface area (Å²) in [6.45, 7) is 1.83. The fourth-order valence-electron chi connectivity index (χ4n) is 8.29. The summed E-state index contributed by atoms with van der Waals surface area (Å²) >= 11 is 0. The lowest BCUT2D eigenvalue weighted by Crippen LogP contribution is -2.71. The number of aromatic nitrogens is 1. The van der Waals surface area contributed by atoms with Gasteiger partial charge in [-0.05, 0) is 86.7 Å². The highest BCUT2D eigenvalue weighted by atomic mass is 19.1. The van der Waals surface area contributed by atoms with Crippen molar-refractivity contribution in [3.63, 3.8) is 0 Å². The predicted molar refractivity (Wildman–Crippen MR) is 166 cm³/mol. The van der Waals surface area contributed by atoms with Crippen LogP contribution in [0.3, 0.4) is 0 Å². The van der Waals surface area contributed by atoms with Crippen LogP contribution in [-0.4, -0.2) is 58.2 Å². The van der Waals surface area contributed by atoms with Crippen LogP contribution in [0.1, 0.15) is 67.7 Å². The van der Waals surface area contributed by atoms with Crippen LogP contribution in [0.25, 0.3) is 0 Å². The molecule has 4 aliphatic rings. The second kappa shape index (κ2) is 10.7. The summed E-state index contributed by atoms with van der Waals surface area (Å²) in [7, 11) is 1.91. The Kier molecular flexibility index (Phi) is 7.03. The molecule has 3 amide bonds. The van der Waals surface area contributed by atoms with Gasteiger partial charge in [0, 0.05) is 30.1 Å². The maximum atomic E-state index is 14.5. The van der Waals surface area contributed by atoms with E-state index in [-0.39, 0.29) is 18.4 Å². The molecule has 1 aromatic heterocycles. The number of pyridine rings is 1. The fourth-order valence-corrected chi connectivity index (χ4v) is 8.29. The molecule has 234 valence electrons. The number of benzene rings is 2. The largest absolute Gasteiger partial charge is 0.325 e. The van der Waals surface area contributed by atoms with Gasteiger partial charge in [-0.3, -0.25) is 19.3 Å². The molecule has 1 saturated heterocycles. The molecule has 2 atom stereocenters. The van der Waals surface area contributed by atoms with Crippen molar-refractivity contribution < 1.29 is 23.2 Å². The number of halogens is 2. The maximum Gasteiger partial charge on any atom is 0.244 e. The molecule has 3 aromatic rings. The third-order valence-corrected chi connectivity index (χ3v) is 10.7. The highest BCUT2D eigenvalue weighted by Crippen LogP contribution is 2.47. The molecule has 0 unspecified atom stereocenters. The van der Waals surface area contributed by atoms with Gasteiger partial charge in [0.1, 0.15) is 29.5 Å². The molecular weight excluding hydrogens is 575 g/mol. The molecule has 2 fully saturated rings. The molecular formula is C35H37F2N5O3. The number of fused-ring (bicyclic) bond motifs is 3. The quantitative estimate of drug-likeness (QED) is 0.429. The van der Waals surface area contributed by atoms with E-state index in [9.17, 15) is 23.2 Å². The van der Waals surface area contributed by atoms with Crippen LogP contribution < -0.4 is 10.6 Å². The van der Waals surface area contributed by atoms with Gasteiger partial charge < -0.3 is 15.5 Å². The number of amides is 3. The molecule has 1 saturated carbocycles. The van der Waals surface area contributed by atoms with E-state index in [1.165, 1.54) is 17.0 Å². The monoisotopic (exact) mass is 612 g/mol. The first kappa shape index (κ1) is 29.5. The number of likely N-dealkylation sites (N-methyl/N-ethyl adjacent to an activating group) is 1. The summed E-state index contributed by atoms with van der Waals surface area (Å²) in [4.78, 5) is 49.3. The predicted octanol–water partition coefficient (Wildman–Crippen LogP) is 5.07. The Morgan fingerprint density at radius 1 is 0.978 bits per heavy atom. The average Bonchev–Trinajstić information content (AvgIpc) is 3.38. The molecule has 7 rings (SSSR count). The SMILES string of the molecule is C[C@@]1(c2cc(F)cc(F)c2)CN([11CH3])C2(CCCCCC2)C(=O)N1CC(=O)Nc1ccc2c(c1)C[C@@]1(C2)C(=O)Nc2ncccc21. The van der Waals surface area contributed by atoms with Gasteiger partial charge in [0.25, 0.3) is 0 Å². The van der Waals surface area contributed by atoms with E-state index in [0.717, 1.165) is 48.4 Å². The molecule has 3 heterocycles. The Bertz CT molecular complexity index is 1700. The van der Waals surface area contributed by atoms with Crippen molar-refractivity contribution in [2.75, 3.05) is 30.8 Å². The third kappa shape index (κ3) is 4.72. The van der Waals surface area contributed by atoms with E-state index in [0.29, 0.717) is 49.3 Å². The minimum absolute atomic E-state index is 0.0768. The minimum Gasteiger partial charge on any atom is -0.325 e. The number of anilines is 2. The number of piperazine rings is 1. The van der Waals surface area contributed by atoms with E-state index >= 15 is 0 Å². The molecule has 2 aromatic carbocycles. The van der Waals surface area contributed by atoms with Crippen LogP contribution in [0.4, 0.5) is 20.3 Å². The van der Waals surface area contributed by atoms with E-state index in [2.05, 4.69) is 15.6 Å². The van der Waals surface area contributed by atoms with Gasteiger partial charge in [0.05, 0.1) is 11.0 Å². The van der Waals surface area contributed by atoms with Crippen LogP contribution in [-0.2, 0) is 38.2 Å². The Labute approximate surface area is 261 Å². The highest BCUT2D eigenvalue weighted by molar-refractivity contribution is 6.06. The lowest BCUT2D eigenvalue weighted by Gasteiger charge is -2.56. The molecule has 0 bridgehead atoms. The molecule has 2 aliphatic carbocycles. The van der Waals surface area contributed by atoms with Crippen molar-refractivity contribution in [3.05, 3.63) is 88.6 Å². The maximum absolute atomic E-state index is 14.5. The molecule has 2 aliphatic heterocycles. The first-order valence-corrected chi connectivity index (χ1v) is 15.7. The van der Waals surface area contributed by atoms with Crippen molar-refractivity contribution in [1.82, 2.24) is 14.8 Å². The number of carbonyl (C=O) groups excluding carboxylic acids is 3. The highest BCUT2D eigenvalue weighted by Gasteiger charge is 2.56. The second-order valence-corrected chi connectivity index (χ2v) is 13.4. The minimum atomic E-state index is -1.15. The molecule has 2 N–H and O–H groups in total. The van der Waals surface area contributed by atoms with Gasteiger partial charge in [0.2, 0.25) is 17.7 Å². The first-order valence-electron chi connectivity index (χ1n) is 15.7. The smallest absolute Gasteiger partial charge is 0.244 e. The van der Waals surface area contributed by atoms with E-state index in [1.54, 1.807) is 13.1 Å². The van der Waals surface area contributed by atoms with Gasteiger partial charge in [-0.15, -0.1) is 0 Å². The van der Waals surface area contributed by atoms with E-state index in [4.69, 9.17) is 0 Å². The number of nitrogens with one attached hydrogen (secondary N) is 2. The number of nitrogens with zero attached hydrogens (tertiary/aromatic N) is 3. The van der Waals surface area contributed by atoms with Crippen molar-refractivity contribution in [1.29, 1.82) is 0 Å². The fraction of sp³-hybridized carbons (Fsp3) is 0.429. The summed E-state index contributed by atoms with van der Waals surface area (Å²) in [5.74, 6) is -1.53. The first-order chi connectivity index (χ1) is 21.5. The lowest BCUT2D eigenvalue weighted by atomic mass is 9.76. The number of carbonyl (C=O) groups is 3. The van der Waals surface area contributed by atoms with Crippen LogP contribution >= 0.6 is 0 Å². The van der Waals surface area contributed by atoms with Crippen molar-refractivity contribution in [2.24, 2.45) is 0 Å². The number of rotatable bonds is 4. The summed E-state index contributed by atoms with van der Waals surface area (Å²) in [5, 5.41) is 5.88. The summed E-state index contributed by atoms with van der Waals surface area (Å²) in [6.07, 6.45) is 7.91. The summed E-state index contributed by atoms with van der Waals surface area (Å²) in [6, 6.07) is 12.7. The molecule has 0 radical (unpaired) electrons. The topological polar surface area (TPSA) is 94.6 Å². The second-order valence-electron chi connectivity index (χ2n) is 13.4. The zero-order chi connectivity index (χ0) is 31.6. The van der Waals surface area contributed by atoms with Gasteiger partial charge >= 0.3 is 0 Å². The Morgan fingerprint density at radius 3 is 2.42 bits per heavy atom. The van der Waals surface area contributed by atoms with Crippen molar-refractivity contribution in [2.45, 2.75) is 74.8 Å². The lowest BCUT2D eigenvalue weighted by molar-refractivity contribution is -0.166. The number of hydrogen-bond acceptors (Lipinski definition) is 5. The zero-order valence-corrected chi connectivity index (χ0v) is 25.6. The zero-order valence-electron chi connectivity index (χ0n) is 25.6. The van der Waals surface area contributed by atoms with Crippen molar-refractivity contribution in [3.8, 4) is 0 Å². The molecule has 10 heteroatoms. The van der Waals surface area contributed by atoms with Gasteiger partial charge in [-0.1, -0.05) is 37.8 Å².